The maximum atomic E-state index is 10.7. The summed E-state index contributed by atoms with van der Waals surface area (Å²) in [6.45, 7) is 0. The molecule has 0 aromatic heterocycles. The van der Waals surface area contributed by atoms with Gasteiger partial charge in [-0.2, -0.15) is 0 Å². The third-order valence-corrected chi connectivity index (χ3v) is 3.65. The van der Waals surface area contributed by atoms with Gasteiger partial charge in [0.1, 0.15) is 0 Å². The molecule has 1 fully saturated rings. The minimum Gasteiger partial charge on any atom is -0.550 e. The fourth-order valence-electron chi connectivity index (χ4n) is 2.40. The molecule has 17 heavy (non-hydrogen) atoms. The number of carboxylic acid groups (broad SMARTS) is 1. The summed E-state index contributed by atoms with van der Waals surface area (Å²) in [6.07, 6.45) is 3.33. The van der Waals surface area contributed by atoms with Gasteiger partial charge in [-0.15, -0.1) is 0 Å². The predicted octanol–water partition coefficient (Wildman–Crippen LogP) is -0.632. The zero-order valence-corrected chi connectivity index (χ0v) is 12.7. The van der Waals surface area contributed by atoms with Crippen LogP contribution in [0.4, 0.5) is 0 Å². The molecule has 0 N–H and O–H groups in total. The molecule has 0 atom stereocenters. The Morgan fingerprint density at radius 3 is 2.12 bits per heavy atom. The number of rotatable bonds is 2. The van der Waals surface area contributed by atoms with Crippen LogP contribution < -0.4 is 34.7 Å². The first-order valence-electron chi connectivity index (χ1n) is 5.63. The summed E-state index contributed by atoms with van der Waals surface area (Å²) in [5.41, 5.74) is 1.26. The molecule has 2 rings (SSSR count). The van der Waals surface area contributed by atoms with Crippen molar-refractivity contribution in [1.29, 1.82) is 0 Å². The molecule has 1 saturated carbocycles. The predicted molar refractivity (Wildman–Crippen MR) is 61.2 cm³/mol. The summed E-state index contributed by atoms with van der Waals surface area (Å²) in [7, 11) is 0. The Hall–Kier alpha value is -0.0200. The number of hydrogen-bond acceptors (Lipinski definition) is 2. The number of benzene rings is 1. The van der Waals surface area contributed by atoms with E-state index in [-0.39, 0.29) is 35.5 Å². The van der Waals surface area contributed by atoms with Crippen molar-refractivity contribution in [3.05, 3.63) is 34.9 Å². The van der Waals surface area contributed by atoms with Gasteiger partial charge in [0.2, 0.25) is 0 Å². The Kier molecular flexibility index (Phi) is 6.01. The van der Waals surface area contributed by atoms with Crippen molar-refractivity contribution in [3.8, 4) is 0 Å². The number of carbonyl (C=O) groups is 1. The number of hydrogen-bond donors (Lipinski definition) is 0. The van der Waals surface area contributed by atoms with Gasteiger partial charge in [0.05, 0.1) is 0 Å². The molecular formula is C13H14ClNaO2. The number of halogens is 1. The van der Waals surface area contributed by atoms with Crippen LogP contribution in [-0.4, -0.2) is 5.97 Å². The van der Waals surface area contributed by atoms with E-state index in [4.69, 9.17) is 11.6 Å². The average Bonchev–Trinajstić information content (AvgIpc) is 2.30. The molecule has 2 nitrogen and oxygen atoms in total. The first-order chi connectivity index (χ1) is 7.66. The molecule has 86 valence electrons. The summed E-state index contributed by atoms with van der Waals surface area (Å²) in [5.74, 6) is -0.661. The molecule has 4 heteroatoms. The average molecular weight is 261 g/mol. The molecule has 0 amide bonds. The molecule has 0 heterocycles. The van der Waals surface area contributed by atoms with Gasteiger partial charge in [-0.3, -0.25) is 0 Å². The van der Waals surface area contributed by atoms with Crippen LogP contribution in [0.1, 0.15) is 37.2 Å². The van der Waals surface area contributed by atoms with Crippen LogP contribution in [0.2, 0.25) is 5.02 Å². The Bertz CT molecular complexity index is 370. The minimum atomic E-state index is -0.894. The molecule has 0 unspecified atom stereocenters. The zero-order valence-electron chi connectivity index (χ0n) is 9.99. The third-order valence-electron chi connectivity index (χ3n) is 3.40. The normalized spacial score (nSPS) is 23.8. The van der Waals surface area contributed by atoms with Crippen LogP contribution in [0.15, 0.2) is 24.3 Å². The van der Waals surface area contributed by atoms with E-state index >= 15 is 0 Å². The van der Waals surface area contributed by atoms with E-state index in [9.17, 15) is 9.90 Å². The van der Waals surface area contributed by atoms with Crippen LogP contribution >= 0.6 is 11.6 Å². The van der Waals surface area contributed by atoms with E-state index in [0.29, 0.717) is 5.92 Å². The number of carbonyl (C=O) groups excluding carboxylic acids is 1. The van der Waals surface area contributed by atoms with Crippen molar-refractivity contribution >= 4 is 17.6 Å². The van der Waals surface area contributed by atoms with E-state index in [2.05, 4.69) is 0 Å². The smallest absolute Gasteiger partial charge is 0.550 e. The number of carboxylic acids is 1. The van der Waals surface area contributed by atoms with Gasteiger partial charge in [0.15, 0.2) is 0 Å². The second-order valence-corrected chi connectivity index (χ2v) is 4.86. The van der Waals surface area contributed by atoms with Crippen molar-refractivity contribution in [3.63, 3.8) is 0 Å². The van der Waals surface area contributed by atoms with Crippen LogP contribution in [0, 0.1) is 5.92 Å². The summed E-state index contributed by atoms with van der Waals surface area (Å²) >= 11 is 5.83. The van der Waals surface area contributed by atoms with Crippen LogP contribution in [0.25, 0.3) is 0 Å². The summed E-state index contributed by atoms with van der Waals surface area (Å²) in [5, 5.41) is 11.5. The molecule has 0 bridgehead atoms. The Balaban J connectivity index is 0.00000144. The van der Waals surface area contributed by atoms with E-state index in [1.54, 1.807) is 0 Å². The Labute approximate surface area is 129 Å². The van der Waals surface area contributed by atoms with E-state index in [1.165, 1.54) is 5.56 Å². The second-order valence-electron chi connectivity index (χ2n) is 4.42. The largest absolute Gasteiger partial charge is 1.00 e. The van der Waals surface area contributed by atoms with E-state index in [0.717, 1.165) is 30.7 Å². The zero-order chi connectivity index (χ0) is 11.5. The van der Waals surface area contributed by atoms with Crippen LogP contribution in [0.3, 0.4) is 0 Å². The van der Waals surface area contributed by atoms with E-state index < -0.39 is 5.97 Å². The Morgan fingerprint density at radius 2 is 1.65 bits per heavy atom. The monoisotopic (exact) mass is 260 g/mol. The molecule has 1 aliphatic rings. The van der Waals surface area contributed by atoms with Crippen molar-refractivity contribution in [2.75, 3.05) is 0 Å². The SMILES string of the molecule is O=C([O-])C1CCC(c2ccc(Cl)cc2)CC1.[Na+]. The molecule has 1 aromatic rings. The second kappa shape index (κ2) is 6.79. The molecule has 0 spiro atoms. The van der Waals surface area contributed by atoms with Crippen molar-refractivity contribution in [2.45, 2.75) is 31.6 Å². The first kappa shape index (κ1) is 15.0. The fraction of sp³-hybridized carbons (Fsp3) is 0.462. The first-order valence-corrected chi connectivity index (χ1v) is 6.01. The van der Waals surface area contributed by atoms with Crippen molar-refractivity contribution < 1.29 is 39.5 Å². The van der Waals surface area contributed by atoms with Gasteiger partial charge in [0.25, 0.3) is 0 Å². The van der Waals surface area contributed by atoms with Gasteiger partial charge in [-0.1, -0.05) is 23.7 Å². The van der Waals surface area contributed by atoms with Crippen LogP contribution in [-0.2, 0) is 4.79 Å². The molecule has 0 radical (unpaired) electrons. The van der Waals surface area contributed by atoms with Crippen LogP contribution in [0.5, 0.6) is 0 Å². The van der Waals surface area contributed by atoms with Gasteiger partial charge in [-0.05, 0) is 55.2 Å². The third kappa shape index (κ3) is 3.99. The van der Waals surface area contributed by atoms with Gasteiger partial charge >= 0.3 is 29.6 Å². The number of aliphatic carboxylic acids is 1. The standard InChI is InChI=1S/C13H15ClO2.Na/c14-12-7-5-10(6-8-12)9-1-3-11(4-2-9)13(15)16;/h5-9,11H,1-4H2,(H,15,16);/q;+1/p-1. The molecule has 0 saturated heterocycles. The van der Waals surface area contributed by atoms with E-state index in [1.807, 2.05) is 24.3 Å². The van der Waals surface area contributed by atoms with Gasteiger partial charge < -0.3 is 9.90 Å². The van der Waals surface area contributed by atoms with Gasteiger partial charge in [0, 0.05) is 11.0 Å². The molecule has 1 aromatic carbocycles. The maximum Gasteiger partial charge on any atom is 1.00 e. The topological polar surface area (TPSA) is 40.1 Å². The summed E-state index contributed by atoms with van der Waals surface area (Å²) < 4.78 is 0. The molecule has 1 aliphatic carbocycles. The minimum absolute atomic E-state index is 0. The molecule has 0 aliphatic heterocycles. The van der Waals surface area contributed by atoms with Gasteiger partial charge in [-0.25, -0.2) is 0 Å². The maximum absolute atomic E-state index is 10.7. The molecular weight excluding hydrogens is 247 g/mol. The van der Waals surface area contributed by atoms with Crippen molar-refractivity contribution in [2.24, 2.45) is 5.92 Å². The Morgan fingerprint density at radius 1 is 1.12 bits per heavy atom. The quantitative estimate of drug-likeness (QED) is 0.665. The summed E-state index contributed by atoms with van der Waals surface area (Å²) in [4.78, 5) is 10.7. The summed E-state index contributed by atoms with van der Waals surface area (Å²) in [6, 6.07) is 7.85. The van der Waals surface area contributed by atoms with Crippen molar-refractivity contribution in [1.82, 2.24) is 0 Å². The fourth-order valence-corrected chi connectivity index (χ4v) is 2.52.